The van der Waals surface area contributed by atoms with Crippen LogP contribution in [0.3, 0.4) is 0 Å². The van der Waals surface area contributed by atoms with E-state index < -0.39 is 0 Å². The van der Waals surface area contributed by atoms with Crippen molar-refractivity contribution in [2.75, 3.05) is 6.54 Å². The van der Waals surface area contributed by atoms with Crippen molar-refractivity contribution < 1.29 is 5.11 Å². The summed E-state index contributed by atoms with van der Waals surface area (Å²) < 4.78 is 0. The largest absolute Gasteiger partial charge is 0.392 e. The van der Waals surface area contributed by atoms with Gasteiger partial charge in [0.1, 0.15) is 0 Å². The van der Waals surface area contributed by atoms with Gasteiger partial charge in [-0.15, -0.1) is 11.3 Å². The van der Waals surface area contributed by atoms with Crippen molar-refractivity contribution in [1.29, 1.82) is 0 Å². The molecule has 0 saturated carbocycles. The summed E-state index contributed by atoms with van der Waals surface area (Å²) in [4.78, 5) is 3.63. The molecule has 3 aromatic rings. The second-order valence-corrected chi connectivity index (χ2v) is 7.18. The number of thiophene rings is 1. The number of aliphatic hydroxyl groups is 1. The third kappa shape index (κ3) is 4.12. The number of benzene rings is 1. The SMILES string of the molecule is Cc1ccsc1CN(Cc1cn[nH]c1-c1ccccc1)CC(C)O. The van der Waals surface area contributed by atoms with Crippen molar-refractivity contribution in [3.05, 3.63) is 64.0 Å². The smallest absolute Gasteiger partial charge is 0.0695 e. The summed E-state index contributed by atoms with van der Waals surface area (Å²) in [5.41, 5.74) is 4.64. The Hall–Kier alpha value is -1.95. The van der Waals surface area contributed by atoms with Gasteiger partial charge in [0.25, 0.3) is 0 Å². The van der Waals surface area contributed by atoms with Crippen LogP contribution in [-0.4, -0.2) is 32.9 Å². The van der Waals surface area contributed by atoms with E-state index in [1.807, 2.05) is 31.3 Å². The molecule has 0 amide bonds. The molecule has 0 saturated heterocycles. The predicted octanol–water partition coefficient (Wildman–Crippen LogP) is 3.83. The third-order valence-corrected chi connectivity index (χ3v) is 5.04. The van der Waals surface area contributed by atoms with Gasteiger partial charge in [0.05, 0.1) is 18.0 Å². The van der Waals surface area contributed by atoms with E-state index >= 15 is 0 Å². The number of hydrogen-bond donors (Lipinski definition) is 2. The summed E-state index contributed by atoms with van der Waals surface area (Å²) in [7, 11) is 0. The van der Waals surface area contributed by atoms with Crippen molar-refractivity contribution in [2.24, 2.45) is 0 Å². The summed E-state index contributed by atoms with van der Waals surface area (Å²) in [6, 6.07) is 12.4. The molecule has 2 heterocycles. The van der Waals surface area contributed by atoms with Crippen molar-refractivity contribution in [3.8, 4) is 11.3 Å². The average Bonchev–Trinajstić information content (AvgIpc) is 3.17. The number of aliphatic hydroxyl groups excluding tert-OH is 1. The lowest BCUT2D eigenvalue weighted by molar-refractivity contribution is 0.119. The molecular formula is C19H23N3OS. The van der Waals surface area contributed by atoms with Gasteiger partial charge < -0.3 is 5.11 Å². The summed E-state index contributed by atoms with van der Waals surface area (Å²) >= 11 is 1.77. The van der Waals surface area contributed by atoms with E-state index in [-0.39, 0.29) is 6.10 Å². The van der Waals surface area contributed by atoms with Gasteiger partial charge in [-0.1, -0.05) is 30.3 Å². The van der Waals surface area contributed by atoms with Crippen LogP contribution >= 0.6 is 11.3 Å². The zero-order valence-corrected chi connectivity index (χ0v) is 14.9. The van der Waals surface area contributed by atoms with E-state index in [9.17, 15) is 5.11 Å². The first-order valence-corrected chi connectivity index (χ1v) is 9.02. The monoisotopic (exact) mass is 341 g/mol. The van der Waals surface area contributed by atoms with E-state index in [0.29, 0.717) is 6.54 Å². The zero-order valence-electron chi connectivity index (χ0n) is 14.1. The fourth-order valence-corrected chi connectivity index (χ4v) is 3.80. The number of aromatic amines is 1. The van der Waals surface area contributed by atoms with Crippen LogP contribution in [0.15, 0.2) is 48.0 Å². The minimum atomic E-state index is -0.364. The number of aromatic nitrogens is 2. The minimum absolute atomic E-state index is 0.364. The molecule has 1 atom stereocenters. The molecule has 1 aromatic carbocycles. The van der Waals surface area contributed by atoms with Crippen LogP contribution in [0.4, 0.5) is 0 Å². The molecule has 0 aliphatic carbocycles. The van der Waals surface area contributed by atoms with E-state index in [1.165, 1.54) is 10.4 Å². The highest BCUT2D eigenvalue weighted by Gasteiger charge is 2.16. The summed E-state index contributed by atoms with van der Waals surface area (Å²) in [6.07, 6.45) is 1.52. The molecule has 0 aliphatic heterocycles. The molecule has 0 spiro atoms. The fourth-order valence-electron chi connectivity index (χ4n) is 2.85. The normalized spacial score (nSPS) is 12.7. The van der Waals surface area contributed by atoms with Gasteiger partial charge in [-0.25, -0.2) is 0 Å². The maximum Gasteiger partial charge on any atom is 0.0695 e. The van der Waals surface area contributed by atoms with Gasteiger partial charge in [0, 0.05) is 30.1 Å². The van der Waals surface area contributed by atoms with Crippen LogP contribution in [-0.2, 0) is 13.1 Å². The van der Waals surface area contributed by atoms with E-state index in [0.717, 1.165) is 29.9 Å². The van der Waals surface area contributed by atoms with Crippen LogP contribution in [0, 0.1) is 6.92 Å². The summed E-state index contributed by atoms with van der Waals surface area (Å²) in [5.74, 6) is 0. The second-order valence-electron chi connectivity index (χ2n) is 6.18. The molecule has 2 N–H and O–H groups in total. The standard InChI is InChI=1S/C19H23N3OS/c1-14-8-9-24-18(14)13-22(11-15(2)23)12-17-10-20-21-19(17)16-6-4-3-5-7-16/h3-10,15,23H,11-13H2,1-2H3,(H,20,21). The summed E-state index contributed by atoms with van der Waals surface area (Å²) in [5, 5.41) is 19.3. The molecular weight excluding hydrogens is 318 g/mol. The molecule has 5 heteroatoms. The predicted molar refractivity (Wildman–Crippen MR) is 98.9 cm³/mol. The Labute approximate surface area is 146 Å². The van der Waals surface area contributed by atoms with Gasteiger partial charge in [0.2, 0.25) is 0 Å². The molecule has 1 unspecified atom stereocenters. The number of nitrogens with one attached hydrogen (secondary N) is 1. The molecule has 0 fully saturated rings. The van der Waals surface area contributed by atoms with Gasteiger partial charge in [0.15, 0.2) is 0 Å². The van der Waals surface area contributed by atoms with E-state index in [4.69, 9.17) is 0 Å². The maximum atomic E-state index is 9.87. The lowest BCUT2D eigenvalue weighted by Gasteiger charge is -2.23. The lowest BCUT2D eigenvalue weighted by atomic mass is 10.1. The van der Waals surface area contributed by atoms with Crippen LogP contribution in [0.25, 0.3) is 11.3 Å². The Kier molecular flexibility index (Phi) is 5.45. The first-order chi connectivity index (χ1) is 11.6. The number of rotatable bonds is 7. The third-order valence-electron chi connectivity index (χ3n) is 4.03. The first-order valence-electron chi connectivity index (χ1n) is 8.14. The Bertz CT molecular complexity index is 764. The Morgan fingerprint density at radius 3 is 2.67 bits per heavy atom. The maximum absolute atomic E-state index is 9.87. The molecule has 0 bridgehead atoms. The first kappa shape index (κ1) is 16.9. The molecule has 0 radical (unpaired) electrons. The van der Waals surface area contributed by atoms with Crippen LogP contribution < -0.4 is 0 Å². The minimum Gasteiger partial charge on any atom is -0.392 e. The zero-order chi connectivity index (χ0) is 16.9. The Balaban J connectivity index is 1.81. The highest BCUT2D eigenvalue weighted by molar-refractivity contribution is 7.10. The second kappa shape index (κ2) is 7.75. The van der Waals surface area contributed by atoms with Crippen molar-refractivity contribution in [3.63, 3.8) is 0 Å². The van der Waals surface area contributed by atoms with Crippen LogP contribution in [0.1, 0.15) is 22.9 Å². The Morgan fingerprint density at radius 2 is 2.00 bits per heavy atom. The highest BCUT2D eigenvalue weighted by atomic mass is 32.1. The van der Waals surface area contributed by atoms with Gasteiger partial charge in [-0.3, -0.25) is 10.00 Å². The van der Waals surface area contributed by atoms with E-state index in [1.54, 1.807) is 11.3 Å². The number of nitrogens with zero attached hydrogens (tertiary/aromatic N) is 2. The number of aryl methyl sites for hydroxylation is 1. The van der Waals surface area contributed by atoms with Crippen molar-refractivity contribution >= 4 is 11.3 Å². The quantitative estimate of drug-likeness (QED) is 0.687. The van der Waals surface area contributed by atoms with Gasteiger partial charge in [-0.2, -0.15) is 5.10 Å². The van der Waals surface area contributed by atoms with Crippen LogP contribution in [0.2, 0.25) is 0 Å². The average molecular weight is 341 g/mol. The molecule has 3 rings (SSSR count). The molecule has 0 aliphatic rings. The van der Waals surface area contributed by atoms with Crippen molar-refractivity contribution in [1.82, 2.24) is 15.1 Å². The highest BCUT2D eigenvalue weighted by Crippen LogP contribution is 2.24. The van der Waals surface area contributed by atoms with E-state index in [2.05, 4.69) is 45.6 Å². The molecule has 24 heavy (non-hydrogen) atoms. The van der Waals surface area contributed by atoms with Gasteiger partial charge in [-0.05, 0) is 36.4 Å². The lowest BCUT2D eigenvalue weighted by Crippen LogP contribution is -2.30. The molecule has 4 nitrogen and oxygen atoms in total. The number of H-pyrrole nitrogens is 1. The molecule has 2 aromatic heterocycles. The fraction of sp³-hybridized carbons (Fsp3) is 0.316. The summed E-state index contributed by atoms with van der Waals surface area (Å²) in [6.45, 7) is 6.20. The van der Waals surface area contributed by atoms with Crippen LogP contribution in [0.5, 0.6) is 0 Å². The number of hydrogen-bond acceptors (Lipinski definition) is 4. The molecule has 126 valence electrons. The topological polar surface area (TPSA) is 52.2 Å². The Morgan fingerprint density at radius 1 is 1.21 bits per heavy atom. The van der Waals surface area contributed by atoms with Crippen molar-refractivity contribution in [2.45, 2.75) is 33.0 Å². The van der Waals surface area contributed by atoms with Gasteiger partial charge >= 0.3 is 0 Å².